The molecule has 0 radical (unpaired) electrons. The van der Waals surface area contributed by atoms with E-state index in [1.165, 1.54) is 0 Å². The van der Waals surface area contributed by atoms with E-state index >= 15 is 0 Å². The van der Waals surface area contributed by atoms with Crippen LogP contribution in [0.1, 0.15) is 6.23 Å². The summed E-state index contributed by atoms with van der Waals surface area (Å²) in [4.78, 5) is 35.0. The molecule has 0 aliphatic carbocycles. The fourth-order valence-corrected chi connectivity index (χ4v) is 1.95. The molecule has 0 saturated carbocycles. The highest BCUT2D eigenvalue weighted by Crippen LogP contribution is 2.27. The summed E-state index contributed by atoms with van der Waals surface area (Å²) in [5, 5.41) is 37.7. The van der Waals surface area contributed by atoms with Gasteiger partial charge >= 0.3 is 11.7 Å². The number of hydrogen-bond acceptors (Lipinski definition) is 7. The van der Waals surface area contributed by atoms with Crippen molar-refractivity contribution in [1.29, 1.82) is 0 Å². The molecule has 1 aliphatic heterocycles. The van der Waals surface area contributed by atoms with Crippen molar-refractivity contribution in [3.63, 3.8) is 0 Å². The van der Waals surface area contributed by atoms with E-state index in [1.807, 2.05) is 0 Å². The summed E-state index contributed by atoms with van der Waals surface area (Å²) in [7, 11) is 0. The Balaban J connectivity index is 2.47. The molecule has 2 rings (SSSR count). The summed E-state index contributed by atoms with van der Waals surface area (Å²) in [6.45, 7) is 0. The van der Waals surface area contributed by atoms with Crippen LogP contribution < -0.4 is 11.2 Å². The Hall–Kier alpha value is -2.08. The van der Waals surface area contributed by atoms with Crippen LogP contribution in [0.25, 0.3) is 0 Å². The summed E-state index contributed by atoms with van der Waals surface area (Å²) in [5.41, 5.74) is -2.49. The average Bonchev–Trinajstić information content (AvgIpc) is 2.41. The van der Waals surface area contributed by atoms with Crippen molar-refractivity contribution >= 4 is 5.97 Å². The molecule has 5 N–H and O–H groups in total. The second kappa shape index (κ2) is 5.37. The van der Waals surface area contributed by atoms with Crippen LogP contribution in [0, 0.1) is 5.82 Å². The second-order valence-electron chi connectivity index (χ2n) is 4.40. The first-order chi connectivity index (χ1) is 9.73. The summed E-state index contributed by atoms with van der Waals surface area (Å²) < 4.78 is 18.4. The van der Waals surface area contributed by atoms with Gasteiger partial charge in [-0.1, -0.05) is 0 Å². The molecule has 0 aromatic carbocycles. The highest BCUT2D eigenvalue weighted by Gasteiger charge is 2.48. The minimum Gasteiger partial charge on any atom is -0.479 e. The van der Waals surface area contributed by atoms with E-state index in [9.17, 15) is 34.1 Å². The molecule has 0 amide bonds. The molecule has 1 saturated heterocycles. The van der Waals surface area contributed by atoms with E-state index in [0.29, 0.717) is 10.8 Å². The third-order valence-corrected chi connectivity index (χ3v) is 3.03. The first-order valence-corrected chi connectivity index (χ1v) is 5.67. The van der Waals surface area contributed by atoms with Crippen LogP contribution in [0.5, 0.6) is 0 Å². The molecule has 2 heterocycles. The number of nitrogens with zero attached hydrogens (tertiary/aromatic N) is 1. The number of aromatic nitrogens is 2. The quantitative estimate of drug-likeness (QED) is 0.380. The van der Waals surface area contributed by atoms with Gasteiger partial charge in [-0.15, -0.1) is 0 Å². The number of hydrogen-bond donors (Lipinski definition) is 5. The lowest BCUT2D eigenvalue weighted by atomic mass is 9.98. The molecule has 116 valence electrons. The van der Waals surface area contributed by atoms with Gasteiger partial charge in [0.05, 0.1) is 6.20 Å². The van der Waals surface area contributed by atoms with Gasteiger partial charge < -0.3 is 25.2 Å². The van der Waals surface area contributed by atoms with Crippen LogP contribution in [0.4, 0.5) is 4.39 Å². The van der Waals surface area contributed by atoms with Crippen LogP contribution in [-0.4, -0.2) is 60.4 Å². The molecule has 1 aromatic heterocycles. The van der Waals surface area contributed by atoms with Crippen molar-refractivity contribution in [3.05, 3.63) is 32.9 Å². The number of aliphatic hydroxyl groups is 3. The van der Waals surface area contributed by atoms with Crippen LogP contribution in [0.2, 0.25) is 0 Å². The number of aliphatic carboxylic acids is 1. The zero-order valence-electron chi connectivity index (χ0n) is 10.2. The molecule has 0 spiro atoms. The van der Waals surface area contributed by atoms with Gasteiger partial charge in [-0.3, -0.25) is 14.3 Å². The number of halogens is 1. The zero-order valence-corrected chi connectivity index (χ0v) is 10.2. The van der Waals surface area contributed by atoms with Crippen molar-refractivity contribution in [2.75, 3.05) is 0 Å². The summed E-state index contributed by atoms with van der Waals surface area (Å²) in [6, 6.07) is 0. The van der Waals surface area contributed by atoms with Gasteiger partial charge in [0.1, 0.15) is 18.3 Å². The zero-order chi connectivity index (χ0) is 15.9. The number of aromatic amines is 1. The summed E-state index contributed by atoms with van der Waals surface area (Å²) in [6.07, 6.45) is -9.17. The molecule has 5 atom stereocenters. The first-order valence-electron chi connectivity index (χ1n) is 5.67. The molecular weight excluding hydrogens is 295 g/mol. The Kier molecular flexibility index (Phi) is 3.91. The maximum atomic E-state index is 13.2. The monoisotopic (exact) mass is 306 g/mol. The van der Waals surface area contributed by atoms with Crippen molar-refractivity contribution in [2.24, 2.45) is 0 Å². The maximum Gasteiger partial charge on any atom is 0.335 e. The SMILES string of the molecule is O=C(O)[C@H]1O[C@@H](n2cc(F)c(=O)[nH]c2=O)[C@H](O)[C@@H](O)[C@@H]1O. The van der Waals surface area contributed by atoms with Crippen molar-refractivity contribution in [2.45, 2.75) is 30.6 Å². The Morgan fingerprint density at radius 1 is 1.24 bits per heavy atom. The number of carboxylic acid groups (broad SMARTS) is 1. The van der Waals surface area contributed by atoms with E-state index in [4.69, 9.17) is 9.84 Å². The molecule has 0 bridgehead atoms. The molecule has 10 nitrogen and oxygen atoms in total. The normalized spacial score (nSPS) is 32.9. The lowest BCUT2D eigenvalue weighted by molar-refractivity contribution is -0.247. The van der Waals surface area contributed by atoms with Crippen molar-refractivity contribution in [1.82, 2.24) is 9.55 Å². The number of carbonyl (C=O) groups is 1. The lowest BCUT2D eigenvalue weighted by Gasteiger charge is -2.39. The van der Waals surface area contributed by atoms with Gasteiger partial charge in [0.2, 0.25) is 5.82 Å². The Bertz CT molecular complexity index is 670. The van der Waals surface area contributed by atoms with Crippen LogP contribution in [0.15, 0.2) is 15.8 Å². The number of rotatable bonds is 2. The van der Waals surface area contributed by atoms with Crippen LogP contribution in [-0.2, 0) is 9.53 Å². The van der Waals surface area contributed by atoms with Gasteiger partial charge in [0.15, 0.2) is 12.3 Å². The summed E-state index contributed by atoms with van der Waals surface area (Å²) >= 11 is 0. The predicted octanol–water partition coefficient (Wildman–Crippen LogP) is -3.26. The Morgan fingerprint density at radius 2 is 1.86 bits per heavy atom. The van der Waals surface area contributed by atoms with Gasteiger partial charge in [-0.2, -0.15) is 4.39 Å². The minimum absolute atomic E-state index is 0.381. The van der Waals surface area contributed by atoms with E-state index in [1.54, 1.807) is 4.98 Å². The standard InChI is InChI=1S/C10H11FN2O8/c11-2-1-13(10(20)12-7(2)17)8-5(16)3(14)4(15)6(21-8)9(18)19/h1,3-6,8,14-16H,(H,18,19)(H,12,17,20)/t3-,4-,5+,6-,8+/m0/s1. The number of aliphatic hydroxyl groups excluding tert-OH is 3. The van der Waals surface area contributed by atoms with Crippen LogP contribution in [0.3, 0.4) is 0 Å². The topological polar surface area (TPSA) is 162 Å². The lowest BCUT2D eigenvalue weighted by Crippen LogP contribution is -2.59. The smallest absolute Gasteiger partial charge is 0.335 e. The van der Waals surface area contributed by atoms with E-state index in [-0.39, 0.29) is 0 Å². The van der Waals surface area contributed by atoms with Crippen molar-refractivity contribution in [3.8, 4) is 0 Å². The average molecular weight is 306 g/mol. The highest BCUT2D eigenvalue weighted by molar-refractivity contribution is 5.73. The van der Waals surface area contributed by atoms with Gasteiger partial charge in [0.25, 0.3) is 5.56 Å². The Labute approximate surface area is 114 Å². The highest BCUT2D eigenvalue weighted by atomic mass is 19.1. The molecule has 1 aliphatic rings. The predicted molar refractivity (Wildman–Crippen MR) is 60.8 cm³/mol. The van der Waals surface area contributed by atoms with Gasteiger partial charge in [-0.25, -0.2) is 9.59 Å². The fraction of sp³-hybridized carbons (Fsp3) is 0.500. The third-order valence-electron chi connectivity index (χ3n) is 3.03. The van der Waals surface area contributed by atoms with Crippen LogP contribution >= 0.6 is 0 Å². The largest absolute Gasteiger partial charge is 0.479 e. The number of carboxylic acids is 1. The van der Waals surface area contributed by atoms with E-state index in [0.717, 1.165) is 0 Å². The molecule has 11 heteroatoms. The van der Waals surface area contributed by atoms with Crippen molar-refractivity contribution < 1.29 is 34.3 Å². The third kappa shape index (κ3) is 2.58. The maximum absolute atomic E-state index is 13.2. The van der Waals surface area contributed by atoms with Gasteiger partial charge in [-0.05, 0) is 0 Å². The molecule has 1 fully saturated rings. The second-order valence-corrected chi connectivity index (χ2v) is 4.40. The molecule has 21 heavy (non-hydrogen) atoms. The molecule has 0 unspecified atom stereocenters. The number of nitrogens with one attached hydrogen (secondary N) is 1. The summed E-state index contributed by atoms with van der Waals surface area (Å²) in [5.74, 6) is -3.03. The molecule has 1 aromatic rings. The van der Waals surface area contributed by atoms with Gasteiger partial charge in [0, 0.05) is 0 Å². The molecular formula is C10H11FN2O8. The number of ether oxygens (including phenoxy) is 1. The minimum atomic E-state index is -1.95. The Morgan fingerprint density at radius 3 is 2.43 bits per heavy atom. The number of H-pyrrole nitrogens is 1. The fourth-order valence-electron chi connectivity index (χ4n) is 1.95. The van der Waals surface area contributed by atoms with E-state index in [2.05, 4.69) is 0 Å². The first kappa shape index (κ1) is 15.3. The van der Waals surface area contributed by atoms with E-state index < -0.39 is 53.7 Å².